The van der Waals surface area contributed by atoms with E-state index in [1.165, 1.54) is 5.56 Å². The van der Waals surface area contributed by atoms with Gasteiger partial charge in [-0.2, -0.15) is 4.31 Å². The van der Waals surface area contributed by atoms with Crippen molar-refractivity contribution in [2.75, 3.05) is 24.0 Å². The molecule has 1 saturated heterocycles. The van der Waals surface area contributed by atoms with Crippen LogP contribution in [0.25, 0.3) is 0 Å². The summed E-state index contributed by atoms with van der Waals surface area (Å²) in [6.07, 6.45) is 7.36. The molecule has 7 nitrogen and oxygen atoms in total. The number of carbonyl (C=O) groups excluding carboxylic acids is 1. The van der Waals surface area contributed by atoms with Crippen LogP contribution in [0.15, 0.2) is 18.3 Å². The first-order valence-corrected chi connectivity index (χ1v) is 13.3. The van der Waals surface area contributed by atoms with Crippen molar-refractivity contribution in [2.24, 2.45) is 0 Å². The number of anilines is 1. The summed E-state index contributed by atoms with van der Waals surface area (Å²) >= 11 is -1.15. The summed E-state index contributed by atoms with van der Waals surface area (Å²) in [5.41, 5.74) is 0.709. The van der Waals surface area contributed by atoms with E-state index >= 15 is 0 Å². The van der Waals surface area contributed by atoms with Crippen LogP contribution in [0.4, 0.5) is 10.6 Å². The Bertz CT molecular complexity index is 793. The van der Waals surface area contributed by atoms with E-state index in [1.807, 2.05) is 47.6 Å². The molecule has 1 amide bonds. The lowest BCUT2D eigenvalue weighted by molar-refractivity contribution is 0.0206. The first-order chi connectivity index (χ1) is 15.5. The zero-order chi connectivity index (χ0) is 24.2. The van der Waals surface area contributed by atoms with Gasteiger partial charge in [0, 0.05) is 19.3 Å². The molecular formula is C25H41N3O4S. The zero-order valence-corrected chi connectivity index (χ0v) is 22.0. The molecule has 0 saturated carbocycles. The molecule has 3 rings (SSSR count). The monoisotopic (exact) mass is 479 g/mol. The van der Waals surface area contributed by atoms with Gasteiger partial charge in [-0.1, -0.05) is 6.07 Å². The minimum Gasteiger partial charge on any atom is -0.592 e. The maximum absolute atomic E-state index is 13.4. The predicted octanol–water partition coefficient (Wildman–Crippen LogP) is 4.86. The molecule has 0 aromatic carbocycles. The molecule has 33 heavy (non-hydrogen) atoms. The van der Waals surface area contributed by atoms with Gasteiger partial charge in [-0.25, -0.2) is 9.78 Å². The van der Waals surface area contributed by atoms with Crippen LogP contribution in [-0.2, 0) is 27.3 Å². The van der Waals surface area contributed by atoms with Crippen molar-refractivity contribution in [3.05, 3.63) is 23.9 Å². The maximum atomic E-state index is 13.4. The highest BCUT2D eigenvalue weighted by Gasteiger charge is 2.41. The molecule has 8 heteroatoms. The highest BCUT2D eigenvalue weighted by Crippen LogP contribution is 2.36. The van der Waals surface area contributed by atoms with Crippen molar-refractivity contribution >= 4 is 23.3 Å². The molecule has 1 fully saturated rings. The summed E-state index contributed by atoms with van der Waals surface area (Å²) in [4.78, 5) is 18.5. The Balaban J connectivity index is 1.45. The van der Waals surface area contributed by atoms with Gasteiger partial charge >= 0.3 is 6.09 Å². The highest BCUT2D eigenvalue weighted by atomic mass is 32.2. The number of likely N-dealkylation sites (tertiary alicyclic amines) is 1. The number of aromatic nitrogens is 1. The van der Waals surface area contributed by atoms with Crippen molar-refractivity contribution in [2.45, 2.75) is 103 Å². The van der Waals surface area contributed by atoms with Gasteiger partial charge in [0.15, 0.2) is 5.82 Å². The number of nitrogens with zero attached hydrogens (tertiary/aromatic N) is 3. The topological polar surface area (TPSA) is 78.0 Å². The van der Waals surface area contributed by atoms with Gasteiger partial charge in [-0.3, -0.25) is 0 Å². The first-order valence-electron chi connectivity index (χ1n) is 12.2. The summed E-state index contributed by atoms with van der Waals surface area (Å²) in [5.74, 6) is 0.881. The second-order valence-electron chi connectivity index (χ2n) is 11.1. The van der Waals surface area contributed by atoms with Crippen molar-refractivity contribution < 1.29 is 18.8 Å². The van der Waals surface area contributed by atoms with E-state index in [0.717, 1.165) is 44.3 Å². The van der Waals surface area contributed by atoms with Gasteiger partial charge in [0.1, 0.15) is 10.3 Å². The number of unbranched alkanes of at least 4 members (excludes halogenated alkanes) is 1. The Kier molecular flexibility index (Phi) is 8.56. The Labute approximate surface area is 202 Å². The van der Waals surface area contributed by atoms with E-state index < -0.39 is 17.0 Å². The van der Waals surface area contributed by atoms with E-state index in [4.69, 9.17) is 9.47 Å². The van der Waals surface area contributed by atoms with E-state index in [1.54, 1.807) is 11.1 Å². The summed E-state index contributed by atoms with van der Waals surface area (Å²) < 4.78 is 26.6. The standard InChI is InChI=1S/C25H41N3O4S/c1-24(2,3)32-23(29)27-16-14-21(18-27)31-17-8-7-11-20-13-12-19-10-9-15-26-22(19)28(20)33(30)25(4,5)6/h9-10,15,20-21H,7-8,11-14,16-18H2,1-6H3/t20?,21?,33-/m1/s1. The minimum absolute atomic E-state index is 0.0770. The largest absolute Gasteiger partial charge is 0.592 e. The highest BCUT2D eigenvalue weighted by molar-refractivity contribution is 7.94. The fraction of sp³-hybridized carbons (Fsp3) is 0.760. The van der Waals surface area contributed by atoms with Gasteiger partial charge in [-0.15, -0.1) is 0 Å². The van der Waals surface area contributed by atoms with E-state index in [2.05, 4.69) is 15.4 Å². The lowest BCUT2D eigenvalue weighted by atomic mass is 9.97. The molecular weight excluding hydrogens is 438 g/mol. The molecule has 2 aliphatic rings. The summed E-state index contributed by atoms with van der Waals surface area (Å²) in [6, 6.07) is 4.28. The van der Waals surface area contributed by atoms with Crippen molar-refractivity contribution in [3.8, 4) is 0 Å². The zero-order valence-electron chi connectivity index (χ0n) is 21.1. The van der Waals surface area contributed by atoms with Crippen LogP contribution in [-0.4, -0.2) is 62.7 Å². The molecule has 186 valence electrons. The van der Waals surface area contributed by atoms with Crippen LogP contribution < -0.4 is 4.31 Å². The molecule has 2 aliphatic heterocycles. The van der Waals surface area contributed by atoms with Crippen molar-refractivity contribution in [1.29, 1.82) is 0 Å². The Morgan fingerprint density at radius 3 is 2.67 bits per heavy atom. The lowest BCUT2D eigenvalue weighted by Crippen LogP contribution is -2.51. The van der Waals surface area contributed by atoms with E-state index in [9.17, 15) is 9.35 Å². The fourth-order valence-corrected chi connectivity index (χ4v) is 5.69. The third-order valence-electron chi connectivity index (χ3n) is 5.94. The number of carbonyl (C=O) groups is 1. The average Bonchev–Trinajstić information content (AvgIpc) is 3.20. The number of hydrogen-bond donors (Lipinski definition) is 0. The van der Waals surface area contributed by atoms with Crippen LogP contribution >= 0.6 is 0 Å². The van der Waals surface area contributed by atoms with Crippen LogP contribution in [0.2, 0.25) is 0 Å². The molecule has 1 aromatic heterocycles. The molecule has 2 unspecified atom stereocenters. The Morgan fingerprint density at radius 2 is 1.97 bits per heavy atom. The quantitative estimate of drug-likeness (QED) is 0.410. The second kappa shape index (κ2) is 10.8. The summed E-state index contributed by atoms with van der Waals surface area (Å²) in [7, 11) is 0. The van der Waals surface area contributed by atoms with Crippen molar-refractivity contribution in [3.63, 3.8) is 0 Å². The summed E-state index contributed by atoms with van der Waals surface area (Å²) in [5, 5.41) is 0. The van der Waals surface area contributed by atoms with Gasteiger partial charge in [0.05, 0.1) is 30.1 Å². The lowest BCUT2D eigenvalue weighted by Gasteiger charge is -2.41. The third kappa shape index (κ3) is 7.23. The number of pyridine rings is 1. The Hall–Kier alpha value is -1.51. The summed E-state index contributed by atoms with van der Waals surface area (Å²) in [6.45, 7) is 13.7. The molecule has 1 aromatic rings. The van der Waals surface area contributed by atoms with Crippen LogP contribution in [0.5, 0.6) is 0 Å². The van der Waals surface area contributed by atoms with Gasteiger partial charge in [0.2, 0.25) is 0 Å². The molecule has 0 bridgehead atoms. The molecule has 0 spiro atoms. The van der Waals surface area contributed by atoms with Crippen LogP contribution in [0.3, 0.4) is 0 Å². The van der Waals surface area contributed by atoms with E-state index in [0.29, 0.717) is 19.7 Å². The predicted molar refractivity (Wildman–Crippen MR) is 133 cm³/mol. The van der Waals surface area contributed by atoms with Crippen molar-refractivity contribution in [1.82, 2.24) is 9.88 Å². The minimum atomic E-state index is -1.15. The van der Waals surface area contributed by atoms with E-state index in [-0.39, 0.29) is 23.0 Å². The maximum Gasteiger partial charge on any atom is 0.410 e. The molecule has 3 atom stereocenters. The molecule has 0 radical (unpaired) electrons. The van der Waals surface area contributed by atoms with Gasteiger partial charge in [-0.05, 0) is 91.7 Å². The third-order valence-corrected chi connectivity index (χ3v) is 7.82. The van der Waals surface area contributed by atoms with Crippen LogP contribution in [0, 0.1) is 0 Å². The van der Waals surface area contributed by atoms with Crippen LogP contribution in [0.1, 0.15) is 79.2 Å². The Morgan fingerprint density at radius 1 is 1.21 bits per heavy atom. The number of rotatable bonds is 7. The number of aryl methyl sites for hydroxylation is 1. The molecule has 0 aliphatic carbocycles. The SMILES string of the molecule is CC(C)(C)OC(=O)N1CCC(OCCCCC2CCc3cccnc3N2[S@+]([O-])C(C)(C)C)C1. The first kappa shape index (κ1) is 26.1. The number of amides is 1. The number of hydrogen-bond acceptors (Lipinski definition) is 6. The molecule has 3 heterocycles. The molecule has 0 N–H and O–H groups in total. The van der Waals surface area contributed by atoms with Gasteiger partial charge < -0.3 is 18.9 Å². The average molecular weight is 480 g/mol. The fourth-order valence-electron chi connectivity index (χ4n) is 4.30. The number of fused-ring (bicyclic) bond motifs is 1. The normalized spacial score (nSPS) is 22.3. The number of ether oxygens (including phenoxy) is 2. The van der Waals surface area contributed by atoms with Gasteiger partial charge in [0.25, 0.3) is 0 Å². The second-order valence-corrected chi connectivity index (χ2v) is 13.2. The smallest absolute Gasteiger partial charge is 0.410 e.